The third-order valence-corrected chi connectivity index (χ3v) is 4.03. The number of fused-ring (bicyclic) bond motifs is 2. The quantitative estimate of drug-likeness (QED) is 0.638. The van der Waals surface area contributed by atoms with E-state index in [9.17, 15) is 0 Å². The molecule has 2 saturated carbocycles. The molecular weight excluding hydrogens is 146 g/mol. The molecule has 0 aliphatic heterocycles. The average Bonchev–Trinajstić information content (AvgIpc) is 2.12. The highest BCUT2D eigenvalue weighted by atomic mass is 14.7. The summed E-state index contributed by atoms with van der Waals surface area (Å²) in [5, 5.41) is 0. The van der Waals surface area contributed by atoms with E-state index >= 15 is 0 Å². The van der Waals surface area contributed by atoms with Gasteiger partial charge >= 0.3 is 0 Å². The van der Waals surface area contributed by atoms with Gasteiger partial charge in [-0.3, -0.25) is 0 Å². The van der Waals surface area contributed by atoms with Crippen LogP contribution >= 0.6 is 0 Å². The zero-order chi connectivity index (χ0) is 8.55. The number of nitrogens with two attached hydrogens (primary N) is 1. The van der Waals surface area contributed by atoms with Crippen LogP contribution in [0.25, 0.3) is 0 Å². The molecule has 0 aromatic heterocycles. The van der Waals surface area contributed by atoms with E-state index in [0.29, 0.717) is 6.04 Å². The SMILES string of the molecule is CCC1CC2CCC(N)C(C1)C2. The number of hydrogen-bond donors (Lipinski definition) is 1. The van der Waals surface area contributed by atoms with Crippen molar-refractivity contribution in [2.24, 2.45) is 23.5 Å². The zero-order valence-corrected chi connectivity index (χ0v) is 8.13. The Hall–Kier alpha value is -0.0400. The topological polar surface area (TPSA) is 26.0 Å². The van der Waals surface area contributed by atoms with Gasteiger partial charge in [-0.15, -0.1) is 0 Å². The van der Waals surface area contributed by atoms with Crippen molar-refractivity contribution in [1.29, 1.82) is 0 Å². The lowest BCUT2D eigenvalue weighted by Gasteiger charge is -2.42. The zero-order valence-electron chi connectivity index (χ0n) is 8.13. The van der Waals surface area contributed by atoms with Crippen molar-refractivity contribution < 1.29 is 0 Å². The van der Waals surface area contributed by atoms with Gasteiger partial charge in [0.2, 0.25) is 0 Å². The molecule has 0 radical (unpaired) electrons. The lowest BCUT2D eigenvalue weighted by Crippen LogP contribution is -2.40. The Morgan fingerprint density at radius 1 is 1.17 bits per heavy atom. The second-order valence-electron chi connectivity index (χ2n) is 4.85. The first-order valence-corrected chi connectivity index (χ1v) is 5.55. The van der Waals surface area contributed by atoms with Gasteiger partial charge in [-0.25, -0.2) is 0 Å². The van der Waals surface area contributed by atoms with Gasteiger partial charge in [0, 0.05) is 6.04 Å². The highest BCUT2D eigenvalue weighted by molar-refractivity contribution is 4.88. The van der Waals surface area contributed by atoms with Crippen molar-refractivity contribution in [3.8, 4) is 0 Å². The van der Waals surface area contributed by atoms with Crippen molar-refractivity contribution in [3.05, 3.63) is 0 Å². The summed E-state index contributed by atoms with van der Waals surface area (Å²) in [7, 11) is 0. The van der Waals surface area contributed by atoms with Crippen LogP contribution in [-0.4, -0.2) is 6.04 Å². The summed E-state index contributed by atoms with van der Waals surface area (Å²) in [6.07, 6.45) is 8.45. The maximum Gasteiger partial charge on any atom is 0.00674 e. The molecule has 0 amide bonds. The third-order valence-electron chi connectivity index (χ3n) is 4.03. The molecule has 70 valence electrons. The van der Waals surface area contributed by atoms with Crippen molar-refractivity contribution in [3.63, 3.8) is 0 Å². The second-order valence-corrected chi connectivity index (χ2v) is 4.85. The van der Waals surface area contributed by atoms with Crippen LogP contribution in [0.5, 0.6) is 0 Å². The third kappa shape index (κ3) is 1.52. The van der Waals surface area contributed by atoms with E-state index in [4.69, 9.17) is 5.73 Å². The molecular formula is C11H21N. The molecule has 0 heterocycles. The summed E-state index contributed by atoms with van der Waals surface area (Å²) in [5.74, 6) is 2.91. The fourth-order valence-corrected chi connectivity index (χ4v) is 3.20. The average molecular weight is 167 g/mol. The first-order valence-electron chi connectivity index (χ1n) is 5.55. The summed E-state index contributed by atoms with van der Waals surface area (Å²) in [4.78, 5) is 0. The predicted octanol–water partition coefficient (Wildman–Crippen LogP) is 2.55. The van der Waals surface area contributed by atoms with E-state index in [2.05, 4.69) is 6.92 Å². The first kappa shape index (κ1) is 8.55. The van der Waals surface area contributed by atoms with Crippen LogP contribution in [-0.2, 0) is 0 Å². The van der Waals surface area contributed by atoms with Crippen LogP contribution in [0.2, 0.25) is 0 Å². The van der Waals surface area contributed by atoms with Crippen molar-refractivity contribution in [2.75, 3.05) is 0 Å². The van der Waals surface area contributed by atoms with Crippen LogP contribution in [0.3, 0.4) is 0 Å². The van der Waals surface area contributed by atoms with Crippen molar-refractivity contribution >= 4 is 0 Å². The highest BCUT2D eigenvalue weighted by Crippen LogP contribution is 2.42. The molecule has 1 heteroatoms. The molecule has 2 bridgehead atoms. The van der Waals surface area contributed by atoms with E-state index in [1.165, 1.54) is 38.5 Å². The normalized spacial score (nSPS) is 47.5. The van der Waals surface area contributed by atoms with E-state index in [1.54, 1.807) is 0 Å². The van der Waals surface area contributed by atoms with Crippen LogP contribution in [0, 0.1) is 17.8 Å². The van der Waals surface area contributed by atoms with Gasteiger partial charge in [0.25, 0.3) is 0 Å². The summed E-state index contributed by atoms with van der Waals surface area (Å²) < 4.78 is 0. The Morgan fingerprint density at radius 3 is 2.75 bits per heavy atom. The summed E-state index contributed by atoms with van der Waals surface area (Å²) in [5.41, 5.74) is 6.10. The molecule has 2 aliphatic rings. The Balaban J connectivity index is 1.99. The maximum atomic E-state index is 6.10. The van der Waals surface area contributed by atoms with E-state index < -0.39 is 0 Å². The molecule has 0 saturated heterocycles. The van der Waals surface area contributed by atoms with Gasteiger partial charge in [0.1, 0.15) is 0 Å². The van der Waals surface area contributed by atoms with Gasteiger partial charge in [0.15, 0.2) is 0 Å². The number of rotatable bonds is 1. The van der Waals surface area contributed by atoms with Gasteiger partial charge in [-0.1, -0.05) is 13.3 Å². The van der Waals surface area contributed by atoms with Gasteiger partial charge in [0.05, 0.1) is 0 Å². The van der Waals surface area contributed by atoms with Crippen molar-refractivity contribution in [1.82, 2.24) is 0 Å². The smallest absolute Gasteiger partial charge is 0.00674 e. The van der Waals surface area contributed by atoms with Gasteiger partial charge < -0.3 is 5.73 Å². The molecule has 0 spiro atoms. The summed E-state index contributed by atoms with van der Waals surface area (Å²) in [6.45, 7) is 2.33. The molecule has 4 atom stereocenters. The second kappa shape index (κ2) is 3.37. The van der Waals surface area contributed by atoms with Gasteiger partial charge in [-0.2, -0.15) is 0 Å². The Morgan fingerprint density at radius 2 is 2.00 bits per heavy atom. The maximum absolute atomic E-state index is 6.10. The van der Waals surface area contributed by atoms with E-state index in [-0.39, 0.29) is 0 Å². The largest absolute Gasteiger partial charge is 0.327 e. The molecule has 2 aliphatic carbocycles. The predicted molar refractivity (Wildman–Crippen MR) is 51.8 cm³/mol. The lowest BCUT2D eigenvalue weighted by atomic mass is 9.66. The summed E-state index contributed by atoms with van der Waals surface area (Å²) in [6, 6.07) is 0.538. The molecule has 2 rings (SSSR count). The summed E-state index contributed by atoms with van der Waals surface area (Å²) >= 11 is 0. The molecule has 4 unspecified atom stereocenters. The Bertz CT molecular complexity index is 153. The molecule has 2 fully saturated rings. The molecule has 0 aromatic carbocycles. The molecule has 0 aromatic rings. The van der Waals surface area contributed by atoms with Crippen molar-refractivity contribution in [2.45, 2.75) is 51.5 Å². The fourth-order valence-electron chi connectivity index (χ4n) is 3.20. The van der Waals surface area contributed by atoms with E-state index in [1.807, 2.05) is 0 Å². The standard InChI is InChI=1S/C11H21N/c1-2-8-5-9-3-4-11(12)10(6-8)7-9/h8-11H,2-7,12H2,1H3. The van der Waals surface area contributed by atoms with Crippen LogP contribution < -0.4 is 5.73 Å². The molecule has 2 N–H and O–H groups in total. The minimum Gasteiger partial charge on any atom is -0.327 e. The number of hydrogen-bond acceptors (Lipinski definition) is 1. The minimum atomic E-state index is 0.538. The first-order chi connectivity index (χ1) is 5.79. The fraction of sp³-hybridized carbons (Fsp3) is 1.00. The molecule has 1 nitrogen and oxygen atoms in total. The van der Waals surface area contributed by atoms with Crippen LogP contribution in [0.15, 0.2) is 0 Å². The van der Waals surface area contributed by atoms with Gasteiger partial charge in [-0.05, 0) is 49.9 Å². The Labute approximate surface area is 75.7 Å². The molecule has 12 heavy (non-hydrogen) atoms. The monoisotopic (exact) mass is 167 g/mol. The minimum absolute atomic E-state index is 0.538. The van der Waals surface area contributed by atoms with Crippen LogP contribution in [0.1, 0.15) is 45.4 Å². The lowest BCUT2D eigenvalue weighted by molar-refractivity contribution is 0.116. The van der Waals surface area contributed by atoms with E-state index in [0.717, 1.165) is 17.8 Å². The van der Waals surface area contributed by atoms with Crippen LogP contribution in [0.4, 0.5) is 0 Å². The Kier molecular flexibility index (Phi) is 2.40. The highest BCUT2D eigenvalue weighted by Gasteiger charge is 2.34.